The Kier molecular flexibility index (Phi) is 2.91. The van der Waals surface area contributed by atoms with Gasteiger partial charge in [0.05, 0.1) is 6.61 Å². The van der Waals surface area contributed by atoms with Crippen molar-refractivity contribution in [1.82, 2.24) is 9.80 Å². The third-order valence-corrected chi connectivity index (χ3v) is 3.13. The Balaban J connectivity index is 1.90. The minimum atomic E-state index is -0.106. The fourth-order valence-corrected chi connectivity index (χ4v) is 2.21. The van der Waals surface area contributed by atoms with E-state index in [-0.39, 0.29) is 6.09 Å². The zero-order chi connectivity index (χ0) is 9.97. The van der Waals surface area contributed by atoms with Gasteiger partial charge in [0.25, 0.3) is 0 Å². The lowest BCUT2D eigenvalue weighted by molar-refractivity contribution is 0.0403. The Morgan fingerprint density at radius 1 is 1.29 bits per heavy atom. The summed E-state index contributed by atoms with van der Waals surface area (Å²) in [5.74, 6) is 0. The van der Waals surface area contributed by atoms with Crippen molar-refractivity contribution in [2.45, 2.75) is 25.3 Å². The molecule has 2 aliphatic heterocycles. The van der Waals surface area contributed by atoms with Crippen LogP contribution in [-0.4, -0.2) is 55.2 Å². The standard InChI is InChI=1S/C10H18N2O2/c1-11-6-3-9(4-7-11)12-5-2-8-14-10(12)13/h9H,2-8H2,1H3. The van der Waals surface area contributed by atoms with Gasteiger partial charge in [-0.3, -0.25) is 0 Å². The first-order valence-electron chi connectivity index (χ1n) is 5.39. The molecule has 80 valence electrons. The Hall–Kier alpha value is -0.770. The van der Waals surface area contributed by atoms with Gasteiger partial charge in [0, 0.05) is 12.6 Å². The summed E-state index contributed by atoms with van der Waals surface area (Å²) in [6, 6.07) is 0.416. The number of amides is 1. The molecule has 0 saturated carbocycles. The Morgan fingerprint density at radius 3 is 2.64 bits per heavy atom. The van der Waals surface area contributed by atoms with Crippen LogP contribution in [0.15, 0.2) is 0 Å². The van der Waals surface area contributed by atoms with Crippen molar-refractivity contribution in [3.63, 3.8) is 0 Å². The van der Waals surface area contributed by atoms with Crippen LogP contribution < -0.4 is 0 Å². The number of likely N-dealkylation sites (tertiary alicyclic amines) is 1. The van der Waals surface area contributed by atoms with Crippen LogP contribution in [0.1, 0.15) is 19.3 Å². The number of hydrogen-bond donors (Lipinski definition) is 0. The van der Waals surface area contributed by atoms with Gasteiger partial charge in [0.1, 0.15) is 0 Å². The summed E-state index contributed by atoms with van der Waals surface area (Å²) in [6.07, 6.45) is 3.06. The first-order chi connectivity index (χ1) is 6.77. The lowest BCUT2D eigenvalue weighted by Gasteiger charge is -2.38. The molecule has 4 heteroatoms. The molecule has 1 amide bonds. The highest BCUT2D eigenvalue weighted by Gasteiger charge is 2.29. The number of hydrogen-bond acceptors (Lipinski definition) is 3. The van der Waals surface area contributed by atoms with Gasteiger partial charge in [0.2, 0.25) is 0 Å². The van der Waals surface area contributed by atoms with Crippen molar-refractivity contribution in [3.8, 4) is 0 Å². The lowest BCUT2D eigenvalue weighted by Crippen LogP contribution is -2.49. The zero-order valence-electron chi connectivity index (χ0n) is 8.74. The second kappa shape index (κ2) is 4.17. The van der Waals surface area contributed by atoms with Crippen molar-refractivity contribution in [2.24, 2.45) is 0 Å². The molecule has 14 heavy (non-hydrogen) atoms. The number of rotatable bonds is 1. The molecule has 4 nitrogen and oxygen atoms in total. The van der Waals surface area contributed by atoms with E-state index in [9.17, 15) is 4.79 Å². The summed E-state index contributed by atoms with van der Waals surface area (Å²) < 4.78 is 5.04. The smallest absolute Gasteiger partial charge is 0.410 e. The van der Waals surface area contributed by atoms with E-state index in [0.717, 1.165) is 38.9 Å². The molecule has 0 spiro atoms. The third kappa shape index (κ3) is 2.00. The van der Waals surface area contributed by atoms with E-state index >= 15 is 0 Å². The fourth-order valence-electron chi connectivity index (χ4n) is 2.21. The van der Waals surface area contributed by atoms with E-state index in [1.165, 1.54) is 0 Å². The van der Waals surface area contributed by atoms with Gasteiger partial charge in [-0.05, 0) is 39.4 Å². The molecule has 0 aromatic rings. The highest BCUT2D eigenvalue weighted by Crippen LogP contribution is 2.18. The van der Waals surface area contributed by atoms with Crippen molar-refractivity contribution in [3.05, 3.63) is 0 Å². The van der Waals surface area contributed by atoms with Gasteiger partial charge in [-0.15, -0.1) is 0 Å². The normalized spacial score (nSPS) is 26.4. The molecule has 0 radical (unpaired) electrons. The quantitative estimate of drug-likeness (QED) is 0.628. The molecule has 2 fully saturated rings. The van der Waals surface area contributed by atoms with Crippen LogP contribution in [0.25, 0.3) is 0 Å². The van der Waals surface area contributed by atoms with Gasteiger partial charge >= 0.3 is 6.09 Å². The molecule has 0 aromatic heterocycles. The predicted octanol–water partition coefficient (Wildman–Crippen LogP) is 0.923. The predicted molar refractivity (Wildman–Crippen MR) is 53.2 cm³/mol. The topological polar surface area (TPSA) is 32.8 Å². The summed E-state index contributed by atoms with van der Waals surface area (Å²) in [7, 11) is 2.13. The Labute approximate surface area is 84.8 Å². The molecule has 2 heterocycles. The van der Waals surface area contributed by atoms with E-state index in [1.807, 2.05) is 4.90 Å². The van der Waals surface area contributed by atoms with E-state index in [4.69, 9.17) is 4.74 Å². The molecule has 0 aromatic carbocycles. The largest absolute Gasteiger partial charge is 0.449 e. The summed E-state index contributed by atoms with van der Waals surface area (Å²) in [5.41, 5.74) is 0. The average molecular weight is 198 g/mol. The summed E-state index contributed by atoms with van der Waals surface area (Å²) in [4.78, 5) is 15.7. The molecular weight excluding hydrogens is 180 g/mol. The maximum absolute atomic E-state index is 11.5. The van der Waals surface area contributed by atoms with Crippen LogP contribution in [0.4, 0.5) is 4.79 Å². The SMILES string of the molecule is CN1CCC(N2CCCOC2=O)CC1. The maximum Gasteiger partial charge on any atom is 0.410 e. The Morgan fingerprint density at radius 2 is 2.00 bits per heavy atom. The molecular formula is C10H18N2O2. The average Bonchev–Trinajstić information content (AvgIpc) is 2.20. The summed E-state index contributed by atoms with van der Waals surface area (Å²) >= 11 is 0. The number of carbonyl (C=O) groups excluding carboxylic acids is 1. The van der Waals surface area contributed by atoms with Crippen LogP contribution in [0.2, 0.25) is 0 Å². The van der Waals surface area contributed by atoms with E-state index < -0.39 is 0 Å². The number of ether oxygens (including phenoxy) is 1. The molecule has 0 unspecified atom stereocenters. The molecule has 2 saturated heterocycles. The van der Waals surface area contributed by atoms with Crippen LogP contribution in [0.5, 0.6) is 0 Å². The molecule has 2 rings (SSSR count). The van der Waals surface area contributed by atoms with Gasteiger partial charge < -0.3 is 14.5 Å². The van der Waals surface area contributed by atoms with Crippen LogP contribution >= 0.6 is 0 Å². The monoisotopic (exact) mass is 198 g/mol. The summed E-state index contributed by atoms with van der Waals surface area (Å²) in [5, 5.41) is 0. The number of nitrogens with zero attached hydrogens (tertiary/aromatic N) is 2. The molecule has 0 atom stereocenters. The first kappa shape index (κ1) is 9.77. The highest BCUT2D eigenvalue weighted by molar-refractivity contribution is 5.68. The van der Waals surface area contributed by atoms with Gasteiger partial charge in [-0.1, -0.05) is 0 Å². The van der Waals surface area contributed by atoms with E-state index in [2.05, 4.69) is 11.9 Å². The number of cyclic esters (lactones) is 1. The van der Waals surface area contributed by atoms with Gasteiger partial charge in [-0.2, -0.15) is 0 Å². The highest BCUT2D eigenvalue weighted by atomic mass is 16.6. The fraction of sp³-hybridized carbons (Fsp3) is 0.900. The summed E-state index contributed by atoms with van der Waals surface area (Å²) in [6.45, 7) is 3.66. The van der Waals surface area contributed by atoms with Gasteiger partial charge in [-0.25, -0.2) is 4.79 Å². The Bertz CT molecular complexity index is 212. The van der Waals surface area contributed by atoms with Crippen molar-refractivity contribution < 1.29 is 9.53 Å². The number of carbonyl (C=O) groups is 1. The van der Waals surface area contributed by atoms with Crippen LogP contribution in [0, 0.1) is 0 Å². The molecule has 0 bridgehead atoms. The second-order valence-electron chi connectivity index (χ2n) is 4.20. The maximum atomic E-state index is 11.5. The lowest BCUT2D eigenvalue weighted by atomic mass is 10.0. The van der Waals surface area contributed by atoms with Crippen molar-refractivity contribution in [2.75, 3.05) is 33.3 Å². The van der Waals surface area contributed by atoms with Crippen LogP contribution in [0.3, 0.4) is 0 Å². The van der Waals surface area contributed by atoms with Crippen molar-refractivity contribution >= 4 is 6.09 Å². The van der Waals surface area contributed by atoms with E-state index in [1.54, 1.807) is 0 Å². The second-order valence-corrected chi connectivity index (χ2v) is 4.20. The minimum Gasteiger partial charge on any atom is -0.449 e. The zero-order valence-corrected chi connectivity index (χ0v) is 8.74. The van der Waals surface area contributed by atoms with E-state index in [0.29, 0.717) is 12.6 Å². The van der Waals surface area contributed by atoms with Crippen molar-refractivity contribution in [1.29, 1.82) is 0 Å². The molecule has 2 aliphatic rings. The molecule has 0 N–H and O–H groups in total. The minimum absolute atomic E-state index is 0.106. The number of piperidine rings is 1. The first-order valence-corrected chi connectivity index (χ1v) is 5.39. The molecule has 0 aliphatic carbocycles. The van der Waals surface area contributed by atoms with Gasteiger partial charge in [0.15, 0.2) is 0 Å². The third-order valence-electron chi connectivity index (χ3n) is 3.13. The van der Waals surface area contributed by atoms with Crippen LogP contribution in [-0.2, 0) is 4.74 Å².